The molecule has 0 amide bonds. The number of carbonyl (C=O) groups is 3. The highest BCUT2D eigenvalue weighted by molar-refractivity contribution is 5.92. The van der Waals surface area contributed by atoms with Crippen LogP contribution in [0.1, 0.15) is 112 Å². The third kappa shape index (κ3) is 12.1. The summed E-state index contributed by atoms with van der Waals surface area (Å²) in [7, 11) is 0. The van der Waals surface area contributed by atoms with Crippen LogP contribution in [0.25, 0.3) is 0 Å². The second-order valence-corrected chi connectivity index (χ2v) is 9.60. The highest BCUT2D eigenvalue weighted by Gasteiger charge is 2.13. The molecule has 0 aromatic heterocycles. The SMILES string of the molecule is CCCCCCCCCCCC(=O)Oc1ccc(C(=O)Oc2ccc(C(=O)OC[C@@H](C)CC)cc2)cc1. The monoisotopic (exact) mass is 510 g/mol. The standard InChI is InChI=1S/C31H42O6/c1-4-6-7-8-9-10-11-12-13-14-29(32)36-27-19-17-26(18-20-27)31(34)37-28-21-15-25(16-22-28)30(33)35-23-24(3)5-2/h15-22,24H,4-14,23H2,1-3H3/t24-/m0/s1. The first-order chi connectivity index (χ1) is 17.9. The Morgan fingerprint density at radius 2 is 1.14 bits per heavy atom. The van der Waals surface area contributed by atoms with E-state index in [2.05, 4.69) is 6.92 Å². The second-order valence-electron chi connectivity index (χ2n) is 9.60. The zero-order chi connectivity index (χ0) is 26.9. The summed E-state index contributed by atoms with van der Waals surface area (Å²) in [6.45, 7) is 6.66. The van der Waals surface area contributed by atoms with Crippen molar-refractivity contribution in [2.75, 3.05) is 6.61 Å². The van der Waals surface area contributed by atoms with Crippen molar-refractivity contribution < 1.29 is 28.6 Å². The number of ether oxygens (including phenoxy) is 3. The molecule has 6 heteroatoms. The van der Waals surface area contributed by atoms with Gasteiger partial charge in [0.05, 0.1) is 17.7 Å². The molecule has 2 aromatic rings. The highest BCUT2D eigenvalue weighted by Crippen LogP contribution is 2.18. The summed E-state index contributed by atoms with van der Waals surface area (Å²) in [5.74, 6) is -0.182. The second kappa shape index (κ2) is 17.3. The van der Waals surface area contributed by atoms with Crippen LogP contribution >= 0.6 is 0 Å². The number of hydrogen-bond acceptors (Lipinski definition) is 6. The maximum absolute atomic E-state index is 12.5. The van der Waals surface area contributed by atoms with Crippen molar-refractivity contribution in [3.63, 3.8) is 0 Å². The molecule has 1 atom stereocenters. The lowest BCUT2D eigenvalue weighted by atomic mass is 10.1. The fraction of sp³-hybridized carbons (Fsp3) is 0.516. The predicted molar refractivity (Wildman–Crippen MR) is 145 cm³/mol. The van der Waals surface area contributed by atoms with Gasteiger partial charge in [-0.3, -0.25) is 4.79 Å². The van der Waals surface area contributed by atoms with Gasteiger partial charge in [0.25, 0.3) is 0 Å². The van der Waals surface area contributed by atoms with Gasteiger partial charge in [-0.2, -0.15) is 0 Å². The highest BCUT2D eigenvalue weighted by atomic mass is 16.5. The topological polar surface area (TPSA) is 78.9 Å². The molecule has 2 rings (SSSR count). The predicted octanol–water partition coefficient (Wildman–Crippen LogP) is 7.94. The molecular formula is C31H42O6. The van der Waals surface area contributed by atoms with E-state index in [1.165, 1.54) is 38.5 Å². The molecule has 202 valence electrons. The van der Waals surface area contributed by atoms with Gasteiger partial charge in [0, 0.05) is 6.42 Å². The van der Waals surface area contributed by atoms with Crippen LogP contribution in [0.2, 0.25) is 0 Å². The van der Waals surface area contributed by atoms with Crippen molar-refractivity contribution in [1.29, 1.82) is 0 Å². The molecule has 0 N–H and O–H groups in total. The van der Waals surface area contributed by atoms with Gasteiger partial charge in [-0.05, 0) is 60.9 Å². The molecular weight excluding hydrogens is 468 g/mol. The largest absolute Gasteiger partial charge is 0.462 e. The number of rotatable bonds is 17. The van der Waals surface area contributed by atoms with Crippen LogP contribution in [0, 0.1) is 5.92 Å². The van der Waals surface area contributed by atoms with Crippen LogP contribution in [0.5, 0.6) is 11.5 Å². The summed E-state index contributed by atoms with van der Waals surface area (Å²) >= 11 is 0. The molecule has 0 unspecified atom stereocenters. The summed E-state index contributed by atoms with van der Waals surface area (Å²) in [6, 6.07) is 12.5. The summed E-state index contributed by atoms with van der Waals surface area (Å²) in [6.07, 6.45) is 12.1. The summed E-state index contributed by atoms with van der Waals surface area (Å²) in [4.78, 5) is 36.7. The van der Waals surface area contributed by atoms with Gasteiger partial charge >= 0.3 is 17.9 Å². The van der Waals surface area contributed by atoms with Crippen LogP contribution in [0.4, 0.5) is 0 Å². The van der Waals surface area contributed by atoms with Crippen molar-refractivity contribution in [3.8, 4) is 11.5 Å². The van der Waals surface area contributed by atoms with E-state index >= 15 is 0 Å². The first-order valence-corrected chi connectivity index (χ1v) is 13.7. The Bertz CT molecular complexity index is 949. The quantitative estimate of drug-likeness (QED) is 0.122. The maximum atomic E-state index is 12.5. The summed E-state index contributed by atoms with van der Waals surface area (Å²) in [5.41, 5.74) is 0.729. The van der Waals surface area contributed by atoms with Gasteiger partial charge in [-0.25, -0.2) is 9.59 Å². The van der Waals surface area contributed by atoms with E-state index in [0.717, 1.165) is 25.7 Å². The Hall–Kier alpha value is -3.15. The first-order valence-electron chi connectivity index (χ1n) is 13.7. The van der Waals surface area contributed by atoms with Crippen LogP contribution in [-0.4, -0.2) is 24.5 Å². The minimum Gasteiger partial charge on any atom is -0.462 e. The molecule has 0 saturated heterocycles. The Balaban J connectivity index is 1.70. The molecule has 0 aliphatic heterocycles. The molecule has 37 heavy (non-hydrogen) atoms. The van der Waals surface area contributed by atoms with Crippen molar-refractivity contribution >= 4 is 17.9 Å². The molecule has 0 fully saturated rings. The van der Waals surface area contributed by atoms with Gasteiger partial charge in [0.15, 0.2) is 0 Å². The maximum Gasteiger partial charge on any atom is 0.343 e. The van der Waals surface area contributed by atoms with Gasteiger partial charge in [-0.1, -0.05) is 78.6 Å². The number of esters is 3. The van der Waals surface area contributed by atoms with Crippen LogP contribution in [-0.2, 0) is 9.53 Å². The molecule has 0 aliphatic carbocycles. The lowest BCUT2D eigenvalue weighted by Crippen LogP contribution is -2.12. The van der Waals surface area contributed by atoms with Crippen molar-refractivity contribution in [3.05, 3.63) is 59.7 Å². The van der Waals surface area contributed by atoms with Crippen molar-refractivity contribution in [1.82, 2.24) is 0 Å². The fourth-order valence-corrected chi connectivity index (χ4v) is 3.67. The average molecular weight is 511 g/mol. The fourth-order valence-electron chi connectivity index (χ4n) is 3.67. The molecule has 0 radical (unpaired) electrons. The number of carbonyl (C=O) groups excluding carboxylic acids is 3. The summed E-state index contributed by atoms with van der Waals surface area (Å²) in [5, 5.41) is 0. The van der Waals surface area contributed by atoms with Gasteiger partial charge < -0.3 is 14.2 Å². The van der Waals surface area contributed by atoms with E-state index in [4.69, 9.17) is 14.2 Å². The van der Waals surface area contributed by atoms with E-state index in [1.54, 1.807) is 48.5 Å². The van der Waals surface area contributed by atoms with Crippen molar-refractivity contribution in [2.24, 2.45) is 5.92 Å². The summed E-state index contributed by atoms with van der Waals surface area (Å²) < 4.78 is 16.0. The van der Waals surface area contributed by atoms with Crippen LogP contribution in [0.3, 0.4) is 0 Å². The van der Waals surface area contributed by atoms with E-state index in [1.807, 2.05) is 13.8 Å². The van der Waals surface area contributed by atoms with E-state index in [9.17, 15) is 14.4 Å². The number of hydrogen-bond donors (Lipinski definition) is 0. The Kier molecular flexibility index (Phi) is 14.1. The number of benzene rings is 2. The van der Waals surface area contributed by atoms with Crippen LogP contribution < -0.4 is 9.47 Å². The lowest BCUT2D eigenvalue weighted by Gasteiger charge is -2.10. The lowest BCUT2D eigenvalue weighted by molar-refractivity contribution is -0.134. The molecule has 6 nitrogen and oxygen atoms in total. The smallest absolute Gasteiger partial charge is 0.343 e. The zero-order valence-electron chi connectivity index (χ0n) is 22.6. The van der Waals surface area contributed by atoms with E-state index in [0.29, 0.717) is 41.6 Å². The molecule has 0 saturated carbocycles. The Labute approximate surface area is 221 Å². The van der Waals surface area contributed by atoms with Gasteiger partial charge in [-0.15, -0.1) is 0 Å². The van der Waals surface area contributed by atoms with Gasteiger partial charge in [0.2, 0.25) is 0 Å². The molecule has 0 bridgehead atoms. The molecule has 0 heterocycles. The molecule has 2 aromatic carbocycles. The van der Waals surface area contributed by atoms with E-state index in [-0.39, 0.29) is 5.97 Å². The molecule has 0 spiro atoms. The Morgan fingerprint density at radius 3 is 1.68 bits per heavy atom. The van der Waals surface area contributed by atoms with Crippen LogP contribution in [0.15, 0.2) is 48.5 Å². The Morgan fingerprint density at radius 1 is 0.649 bits per heavy atom. The average Bonchev–Trinajstić information content (AvgIpc) is 2.91. The zero-order valence-corrected chi connectivity index (χ0v) is 22.6. The van der Waals surface area contributed by atoms with E-state index < -0.39 is 11.9 Å². The first kappa shape index (κ1) is 30.1. The number of unbranched alkanes of at least 4 members (excludes halogenated alkanes) is 8. The normalized spacial score (nSPS) is 11.5. The third-order valence-electron chi connectivity index (χ3n) is 6.30. The van der Waals surface area contributed by atoms with Gasteiger partial charge in [0.1, 0.15) is 11.5 Å². The minimum absolute atomic E-state index is 0.263. The minimum atomic E-state index is -0.542. The van der Waals surface area contributed by atoms with Crippen molar-refractivity contribution in [2.45, 2.75) is 91.4 Å². The third-order valence-corrected chi connectivity index (χ3v) is 6.30. The molecule has 0 aliphatic rings.